The number of nitrogens with one attached hydrogen (secondary N) is 2. The number of para-hydroxylation sites is 1. The Morgan fingerprint density at radius 3 is 2.81 bits per heavy atom. The molecule has 0 saturated heterocycles. The van der Waals surface area contributed by atoms with E-state index in [4.69, 9.17) is 9.15 Å². The van der Waals surface area contributed by atoms with Gasteiger partial charge in [-0.15, -0.1) is 0 Å². The summed E-state index contributed by atoms with van der Waals surface area (Å²) in [7, 11) is 1.66. The first-order valence-electron chi connectivity index (χ1n) is 8.57. The van der Waals surface area contributed by atoms with Crippen molar-refractivity contribution in [1.29, 1.82) is 0 Å². The Bertz CT molecular complexity index is 1060. The molecule has 132 valence electrons. The lowest BCUT2D eigenvalue weighted by Gasteiger charge is -2.05. The van der Waals surface area contributed by atoms with Crippen molar-refractivity contribution in [2.75, 3.05) is 13.7 Å². The van der Waals surface area contributed by atoms with Gasteiger partial charge >= 0.3 is 0 Å². The number of carbonyl (C=O) groups excluding carboxylic acids is 1. The van der Waals surface area contributed by atoms with Crippen LogP contribution in [0.2, 0.25) is 0 Å². The van der Waals surface area contributed by atoms with Gasteiger partial charge in [0.15, 0.2) is 5.76 Å². The number of benzene rings is 2. The number of amides is 1. The van der Waals surface area contributed by atoms with Crippen molar-refractivity contribution in [3.05, 3.63) is 54.1 Å². The Morgan fingerprint density at radius 1 is 1.19 bits per heavy atom. The lowest BCUT2D eigenvalue weighted by atomic mass is 10.1. The normalized spacial score (nSPS) is 11.2. The number of hydrogen-bond acceptors (Lipinski definition) is 3. The van der Waals surface area contributed by atoms with Gasteiger partial charge in [-0.05, 0) is 42.3 Å². The fourth-order valence-corrected chi connectivity index (χ4v) is 3.29. The van der Waals surface area contributed by atoms with Crippen molar-refractivity contribution in [2.45, 2.75) is 13.3 Å². The average molecular weight is 348 g/mol. The molecule has 0 atom stereocenters. The quantitative estimate of drug-likeness (QED) is 0.566. The van der Waals surface area contributed by atoms with Gasteiger partial charge in [0.05, 0.1) is 12.8 Å². The Morgan fingerprint density at radius 2 is 2.04 bits per heavy atom. The van der Waals surface area contributed by atoms with E-state index in [1.165, 1.54) is 6.92 Å². The number of aromatic amines is 1. The van der Waals surface area contributed by atoms with Crippen LogP contribution in [0.15, 0.2) is 52.9 Å². The van der Waals surface area contributed by atoms with E-state index in [9.17, 15) is 4.79 Å². The molecule has 5 nitrogen and oxygen atoms in total. The van der Waals surface area contributed by atoms with Crippen molar-refractivity contribution in [3.8, 4) is 17.2 Å². The molecule has 0 radical (unpaired) electrons. The predicted molar refractivity (Wildman–Crippen MR) is 102 cm³/mol. The van der Waals surface area contributed by atoms with E-state index in [1.54, 1.807) is 7.11 Å². The van der Waals surface area contributed by atoms with Crippen LogP contribution in [0.3, 0.4) is 0 Å². The molecule has 0 aliphatic carbocycles. The van der Waals surface area contributed by atoms with Crippen molar-refractivity contribution < 1.29 is 13.9 Å². The van der Waals surface area contributed by atoms with Crippen LogP contribution >= 0.6 is 0 Å². The SMILES string of the molecule is COc1ccc2[nH]c(-c3cc4ccccc4o3)c(CCNC(C)=O)c2c1. The molecule has 5 heteroatoms. The maximum Gasteiger partial charge on any atom is 0.216 e. The lowest BCUT2D eigenvalue weighted by molar-refractivity contribution is -0.118. The van der Waals surface area contributed by atoms with Crippen LogP contribution in [0.1, 0.15) is 12.5 Å². The smallest absolute Gasteiger partial charge is 0.216 e. The molecule has 2 aromatic heterocycles. The van der Waals surface area contributed by atoms with Crippen molar-refractivity contribution >= 4 is 27.8 Å². The van der Waals surface area contributed by atoms with E-state index in [2.05, 4.69) is 10.3 Å². The maximum absolute atomic E-state index is 11.3. The summed E-state index contributed by atoms with van der Waals surface area (Å²) in [5.41, 5.74) is 3.91. The van der Waals surface area contributed by atoms with Gasteiger partial charge in [0.2, 0.25) is 5.91 Å². The highest BCUT2D eigenvalue weighted by molar-refractivity contribution is 5.93. The summed E-state index contributed by atoms with van der Waals surface area (Å²) in [6.45, 7) is 2.09. The minimum Gasteiger partial charge on any atom is -0.497 e. The molecule has 0 aliphatic heterocycles. The Hall–Kier alpha value is -3.21. The summed E-state index contributed by atoms with van der Waals surface area (Å²) < 4.78 is 11.4. The van der Waals surface area contributed by atoms with Crippen molar-refractivity contribution in [1.82, 2.24) is 10.3 Å². The zero-order valence-corrected chi connectivity index (χ0v) is 14.8. The number of ether oxygens (including phenoxy) is 1. The Balaban J connectivity index is 1.84. The summed E-state index contributed by atoms with van der Waals surface area (Å²) in [5.74, 6) is 1.56. The molecule has 2 N–H and O–H groups in total. The second-order valence-electron chi connectivity index (χ2n) is 6.27. The first kappa shape index (κ1) is 16.3. The molecule has 2 aromatic carbocycles. The molecule has 2 heterocycles. The molecule has 0 saturated carbocycles. The fourth-order valence-electron chi connectivity index (χ4n) is 3.29. The molecule has 4 aromatic rings. The summed E-state index contributed by atoms with van der Waals surface area (Å²) in [6.07, 6.45) is 0.694. The Kier molecular flexibility index (Phi) is 4.13. The third-order valence-electron chi connectivity index (χ3n) is 4.53. The zero-order valence-electron chi connectivity index (χ0n) is 14.8. The highest BCUT2D eigenvalue weighted by atomic mass is 16.5. The summed E-state index contributed by atoms with van der Waals surface area (Å²) in [5, 5.41) is 5.00. The number of carbonyl (C=O) groups is 1. The monoisotopic (exact) mass is 348 g/mol. The van der Waals surface area contributed by atoms with Crippen LogP contribution in [-0.2, 0) is 11.2 Å². The zero-order chi connectivity index (χ0) is 18.1. The van der Waals surface area contributed by atoms with Gasteiger partial charge < -0.3 is 19.5 Å². The van der Waals surface area contributed by atoms with E-state index < -0.39 is 0 Å². The van der Waals surface area contributed by atoms with Gasteiger partial charge in [-0.25, -0.2) is 0 Å². The predicted octanol–water partition coefficient (Wildman–Crippen LogP) is 4.27. The molecule has 4 rings (SSSR count). The van der Waals surface area contributed by atoms with Gasteiger partial charge in [-0.3, -0.25) is 4.79 Å². The lowest BCUT2D eigenvalue weighted by Crippen LogP contribution is -2.22. The first-order chi connectivity index (χ1) is 12.7. The van der Waals surface area contributed by atoms with Gasteiger partial charge in [0.1, 0.15) is 11.3 Å². The molecular weight excluding hydrogens is 328 g/mol. The van der Waals surface area contributed by atoms with Crippen LogP contribution in [0.5, 0.6) is 5.75 Å². The van der Waals surface area contributed by atoms with E-state index in [0.717, 1.165) is 44.6 Å². The number of furan rings is 1. The summed E-state index contributed by atoms with van der Waals surface area (Å²) in [4.78, 5) is 14.7. The molecule has 26 heavy (non-hydrogen) atoms. The van der Waals surface area contributed by atoms with E-state index >= 15 is 0 Å². The largest absolute Gasteiger partial charge is 0.497 e. The second kappa shape index (κ2) is 6.59. The van der Waals surface area contributed by atoms with Crippen LogP contribution in [0, 0.1) is 0 Å². The maximum atomic E-state index is 11.3. The minimum atomic E-state index is -0.0345. The number of methoxy groups -OCH3 is 1. The highest BCUT2D eigenvalue weighted by Crippen LogP contribution is 2.35. The summed E-state index contributed by atoms with van der Waals surface area (Å²) in [6, 6.07) is 15.9. The number of aromatic nitrogens is 1. The number of hydrogen-bond donors (Lipinski definition) is 2. The molecule has 0 bridgehead atoms. The summed E-state index contributed by atoms with van der Waals surface area (Å²) >= 11 is 0. The first-order valence-corrected chi connectivity index (χ1v) is 8.57. The molecular formula is C21H20N2O3. The van der Waals surface area contributed by atoms with Crippen LogP contribution in [-0.4, -0.2) is 24.5 Å². The van der Waals surface area contributed by atoms with Gasteiger partial charge in [0, 0.05) is 29.8 Å². The number of H-pyrrole nitrogens is 1. The topological polar surface area (TPSA) is 67.3 Å². The molecule has 0 fully saturated rings. The van der Waals surface area contributed by atoms with Crippen molar-refractivity contribution in [3.63, 3.8) is 0 Å². The standard InChI is InChI=1S/C21H20N2O3/c1-13(24)22-10-9-16-17-12-15(25-2)7-8-18(17)23-21(16)20-11-14-5-3-4-6-19(14)26-20/h3-8,11-12,23H,9-10H2,1-2H3,(H,22,24). The van der Waals surface area contributed by atoms with Gasteiger partial charge in [-0.2, -0.15) is 0 Å². The van der Waals surface area contributed by atoms with Crippen molar-refractivity contribution in [2.24, 2.45) is 0 Å². The highest BCUT2D eigenvalue weighted by Gasteiger charge is 2.17. The van der Waals surface area contributed by atoms with Gasteiger partial charge in [0.25, 0.3) is 0 Å². The Labute approximate surface area is 151 Å². The van der Waals surface area contributed by atoms with Gasteiger partial charge in [-0.1, -0.05) is 18.2 Å². The van der Waals surface area contributed by atoms with Crippen LogP contribution in [0.25, 0.3) is 33.3 Å². The minimum absolute atomic E-state index is 0.0345. The third kappa shape index (κ3) is 2.92. The second-order valence-corrected chi connectivity index (χ2v) is 6.27. The molecule has 0 unspecified atom stereocenters. The third-order valence-corrected chi connectivity index (χ3v) is 4.53. The van der Waals surface area contributed by atoms with E-state index in [-0.39, 0.29) is 5.91 Å². The van der Waals surface area contributed by atoms with Crippen LogP contribution in [0.4, 0.5) is 0 Å². The average Bonchev–Trinajstić information content (AvgIpc) is 3.22. The molecule has 0 aliphatic rings. The number of rotatable bonds is 5. The van der Waals surface area contributed by atoms with E-state index in [1.807, 2.05) is 48.5 Å². The fraction of sp³-hybridized carbons (Fsp3) is 0.190. The molecule has 0 spiro atoms. The van der Waals surface area contributed by atoms with E-state index in [0.29, 0.717) is 13.0 Å². The number of fused-ring (bicyclic) bond motifs is 2. The van der Waals surface area contributed by atoms with Crippen LogP contribution < -0.4 is 10.1 Å². The molecule has 1 amide bonds.